The molecular weight excluding hydrogens is 234 g/mol. The maximum Gasteiger partial charge on any atom is 0.119 e. The van der Waals surface area contributed by atoms with E-state index in [-0.39, 0.29) is 0 Å². The molecule has 2 aromatic carbocycles. The molecule has 0 unspecified atom stereocenters. The summed E-state index contributed by atoms with van der Waals surface area (Å²) in [6, 6.07) is 15.7. The summed E-state index contributed by atoms with van der Waals surface area (Å²) in [5.74, 6) is 0.865. The van der Waals surface area contributed by atoms with Gasteiger partial charge in [0, 0.05) is 5.69 Å². The molecule has 0 aliphatic carbocycles. The van der Waals surface area contributed by atoms with Crippen molar-refractivity contribution in [2.75, 3.05) is 12.8 Å². The average molecular weight is 251 g/mol. The van der Waals surface area contributed by atoms with Crippen LogP contribution in [0.2, 0.25) is 0 Å². The van der Waals surface area contributed by atoms with Gasteiger partial charge in [-0.1, -0.05) is 48.6 Å². The lowest BCUT2D eigenvalue weighted by Crippen LogP contribution is -1.82. The van der Waals surface area contributed by atoms with Crippen LogP contribution in [0.25, 0.3) is 12.2 Å². The Morgan fingerprint density at radius 3 is 2.26 bits per heavy atom. The van der Waals surface area contributed by atoms with Gasteiger partial charge in [-0.25, -0.2) is 0 Å². The van der Waals surface area contributed by atoms with Gasteiger partial charge in [0.05, 0.1) is 7.11 Å². The first-order valence-corrected chi connectivity index (χ1v) is 6.12. The largest absolute Gasteiger partial charge is 0.497 e. The fraction of sp³-hybridized carbons (Fsp3) is 0.0588. The van der Waals surface area contributed by atoms with Gasteiger partial charge in [0.25, 0.3) is 0 Å². The molecule has 2 N–H and O–H groups in total. The van der Waals surface area contributed by atoms with Crippen molar-refractivity contribution in [2.24, 2.45) is 0 Å². The second-order valence-corrected chi connectivity index (χ2v) is 4.16. The highest BCUT2D eigenvalue weighted by molar-refractivity contribution is 5.59. The Labute approximate surface area is 113 Å². The normalized spacial score (nSPS) is 11.2. The minimum absolute atomic E-state index is 0.782. The van der Waals surface area contributed by atoms with E-state index in [1.54, 1.807) is 7.11 Å². The highest BCUT2D eigenvalue weighted by Crippen LogP contribution is 2.14. The molecule has 0 aromatic heterocycles. The van der Waals surface area contributed by atoms with Crippen molar-refractivity contribution in [3.8, 4) is 5.75 Å². The Kier molecular flexibility index (Phi) is 4.40. The van der Waals surface area contributed by atoms with E-state index in [1.807, 2.05) is 72.8 Å². The number of nitrogen functional groups attached to an aromatic ring is 1. The van der Waals surface area contributed by atoms with Crippen LogP contribution in [0.5, 0.6) is 5.75 Å². The maximum absolute atomic E-state index is 5.63. The van der Waals surface area contributed by atoms with Crippen LogP contribution in [0.1, 0.15) is 11.1 Å². The van der Waals surface area contributed by atoms with Gasteiger partial charge in [0.1, 0.15) is 5.75 Å². The number of methoxy groups -OCH3 is 1. The van der Waals surface area contributed by atoms with Gasteiger partial charge in [0.2, 0.25) is 0 Å². The monoisotopic (exact) mass is 251 g/mol. The average Bonchev–Trinajstić information content (AvgIpc) is 2.46. The molecule has 0 radical (unpaired) electrons. The molecule has 0 fully saturated rings. The molecule has 0 amide bonds. The van der Waals surface area contributed by atoms with E-state index >= 15 is 0 Å². The first-order chi connectivity index (χ1) is 9.28. The number of ether oxygens (including phenoxy) is 1. The molecular formula is C17H17NO. The molecule has 2 aromatic rings. The van der Waals surface area contributed by atoms with Crippen molar-refractivity contribution in [2.45, 2.75) is 0 Å². The highest BCUT2D eigenvalue weighted by Gasteiger charge is 1.90. The fourth-order valence-corrected chi connectivity index (χ4v) is 1.69. The third-order valence-electron chi connectivity index (χ3n) is 2.72. The lowest BCUT2D eigenvalue weighted by Gasteiger charge is -1.99. The number of allylic oxidation sites excluding steroid dienone is 2. The molecule has 0 bridgehead atoms. The number of benzene rings is 2. The summed E-state index contributed by atoms with van der Waals surface area (Å²) in [6.45, 7) is 0. The zero-order valence-corrected chi connectivity index (χ0v) is 10.9. The zero-order valence-electron chi connectivity index (χ0n) is 10.9. The minimum Gasteiger partial charge on any atom is -0.497 e. The highest BCUT2D eigenvalue weighted by atomic mass is 16.5. The van der Waals surface area contributed by atoms with Crippen LogP contribution in [0.4, 0.5) is 5.69 Å². The maximum atomic E-state index is 5.63. The number of nitrogens with two attached hydrogens (primary N) is 1. The molecule has 19 heavy (non-hydrogen) atoms. The summed E-state index contributed by atoms with van der Waals surface area (Å²) in [5, 5.41) is 0. The molecule has 0 aliphatic heterocycles. The SMILES string of the molecule is COc1cccc(/C=C/C=C/c2ccc(N)cc2)c1. The number of anilines is 1. The van der Waals surface area contributed by atoms with E-state index in [9.17, 15) is 0 Å². The van der Waals surface area contributed by atoms with Crippen molar-refractivity contribution in [1.82, 2.24) is 0 Å². The van der Waals surface area contributed by atoms with E-state index in [1.165, 1.54) is 0 Å². The van der Waals surface area contributed by atoms with Gasteiger partial charge in [-0.05, 0) is 35.4 Å². The van der Waals surface area contributed by atoms with E-state index < -0.39 is 0 Å². The van der Waals surface area contributed by atoms with Crippen LogP contribution < -0.4 is 10.5 Å². The zero-order chi connectivity index (χ0) is 13.5. The number of hydrogen-bond donors (Lipinski definition) is 1. The number of hydrogen-bond acceptors (Lipinski definition) is 2. The van der Waals surface area contributed by atoms with Gasteiger partial charge in [-0.15, -0.1) is 0 Å². The van der Waals surface area contributed by atoms with Gasteiger partial charge >= 0.3 is 0 Å². The minimum atomic E-state index is 0.782. The molecule has 0 heterocycles. The molecule has 0 aliphatic rings. The Morgan fingerprint density at radius 2 is 1.58 bits per heavy atom. The van der Waals surface area contributed by atoms with Gasteiger partial charge in [-0.2, -0.15) is 0 Å². The van der Waals surface area contributed by atoms with Gasteiger partial charge < -0.3 is 10.5 Å². The van der Waals surface area contributed by atoms with E-state index in [4.69, 9.17) is 10.5 Å². The molecule has 2 rings (SSSR count). The summed E-state index contributed by atoms with van der Waals surface area (Å²) in [6.07, 6.45) is 8.09. The summed E-state index contributed by atoms with van der Waals surface area (Å²) >= 11 is 0. The predicted octanol–water partition coefficient (Wildman–Crippen LogP) is 4.00. The number of rotatable bonds is 4. The predicted molar refractivity (Wildman–Crippen MR) is 81.9 cm³/mol. The van der Waals surface area contributed by atoms with Crippen molar-refractivity contribution in [1.29, 1.82) is 0 Å². The Hall–Kier alpha value is -2.48. The topological polar surface area (TPSA) is 35.2 Å². The van der Waals surface area contributed by atoms with Crippen molar-refractivity contribution < 1.29 is 4.74 Å². The van der Waals surface area contributed by atoms with Crippen LogP contribution in [0, 0.1) is 0 Å². The van der Waals surface area contributed by atoms with E-state index in [0.29, 0.717) is 0 Å². The van der Waals surface area contributed by atoms with Crippen LogP contribution in [0.3, 0.4) is 0 Å². The summed E-state index contributed by atoms with van der Waals surface area (Å²) < 4.78 is 5.18. The Bertz CT molecular complexity index is 582. The summed E-state index contributed by atoms with van der Waals surface area (Å²) in [5.41, 5.74) is 8.66. The molecule has 2 nitrogen and oxygen atoms in total. The first kappa shape index (κ1) is 13.0. The molecule has 0 spiro atoms. The Balaban J connectivity index is 2.00. The van der Waals surface area contributed by atoms with Crippen molar-refractivity contribution >= 4 is 17.8 Å². The van der Waals surface area contributed by atoms with Crippen molar-refractivity contribution in [3.05, 3.63) is 71.8 Å². The second kappa shape index (κ2) is 6.45. The standard InChI is InChI=1S/C17H17NO/c1-19-17-8-4-7-15(13-17)6-3-2-5-14-9-11-16(18)12-10-14/h2-13H,18H2,1H3/b5-2+,6-3+. The molecule has 0 saturated carbocycles. The Morgan fingerprint density at radius 1 is 0.895 bits per heavy atom. The molecule has 0 atom stereocenters. The smallest absolute Gasteiger partial charge is 0.119 e. The van der Waals surface area contributed by atoms with E-state index in [2.05, 4.69) is 0 Å². The van der Waals surface area contributed by atoms with Crippen LogP contribution in [-0.4, -0.2) is 7.11 Å². The second-order valence-electron chi connectivity index (χ2n) is 4.16. The molecule has 2 heteroatoms. The van der Waals surface area contributed by atoms with Crippen LogP contribution in [0.15, 0.2) is 60.7 Å². The fourth-order valence-electron chi connectivity index (χ4n) is 1.69. The van der Waals surface area contributed by atoms with Crippen LogP contribution >= 0.6 is 0 Å². The molecule has 96 valence electrons. The third-order valence-corrected chi connectivity index (χ3v) is 2.72. The van der Waals surface area contributed by atoms with Crippen LogP contribution in [-0.2, 0) is 0 Å². The van der Waals surface area contributed by atoms with Gasteiger partial charge in [0.15, 0.2) is 0 Å². The summed E-state index contributed by atoms with van der Waals surface area (Å²) in [7, 11) is 1.67. The summed E-state index contributed by atoms with van der Waals surface area (Å²) in [4.78, 5) is 0. The van der Waals surface area contributed by atoms with Crippen molar-refractivity contribution in [3.63, 3.8) is 0 Å². The van der Waals surface area contributed by atoms with E-state index in [0.717, 1.165) is 22.6 Å². The third kappa shape index (κ3) is 4.03. The lowest BCUT2D eigenvalue weighted by molar-refractivity contribution is 0.414. The lowest BCUT2D eigenvalue weighted by atomic mass is 10.1. The molecule has 0 saturated heterocycles. The van der Waals surface area contributed by atoms with Gasteiger partial charge in [-0.3, -0.25) is 0 Å². The first-order valence-electron chi connectivity index (χ1n) is 6.12. The quantitative estimate of drug-likeness (QED) is 0.658.